The maximum atomic E-state index is 13.4. The van der Waals surface area contributed by atoms with Crippen molar-refractivity contribution >= 4 is 50.8 Å². The zero-order valence-electron chi connectivity index (χ0n) is 18.1. The van der Waals surface area contributed by atoms with E-state index in [1.165, 1.54) is 12.1 Å². The number of hydrogen-bond acceptors (Lipinski definition) is 5. The Morgan fingerprint density at radius 3 is 2.65 bits per heavy atom. The number of benzene rings is 3. The van der Waals surface area contributed by atoms with Crippen LogP contribution in [-0.2, 0) is 11.0 Å². The zero-order valence-corrected chi connectivity index (χ0v) is 20.2. The number of fused-ring (bicyclic) bond motifs is 1. The molecule has 170 valence electrons. The molecule has 0 amide bonds. The number of rotatable bonds is 7. The number of hydrogen-bond donors (Lipinski definition) is 3. The summed E-state index contributed by atoms with van der Waals surface area (Å²) in [7, 11) is 0. The number of nitrogens with zero attached hydrogens (tertiary/aromatic N) is 2. The van der Waals surface area contributed by atoms with Gasteiger partial charge in [0.1, 0.15) is 30.0 Å². The molecule has 3 aromatic carbocycles. The van der Waals surface area contributed by atoms with Crippen LogP contribution in [0.1, 0.15) is 11.1 Å². The highest BCUT2D eigenvalue weighted by Gasteiger charge is 2.11. The minimum absolute atomic E-state index is 0.269. The fourth-order valence-electron chi connectivity index (χ4n) is 3.68. The highest BCUT2D eigenvalue weighted by atomic mass is 127. The molecule has 2 heterocycles. The fraction of sp³-hybridized carbons (Fsp3) is 0.0769. The number of aromatic amines is 1. The number of nitrogens with two attached hydrogens (primary N) is 1. The number of halogens is 2. The molecule has 0 radical (unpaired) electrons. The quantitative estimate of drug-likeness (QED) is 0.118. The van der Waals surface area contributed by atoms with Gasteiger partial charge < -0.3 is 20.8 Å². The molecular formula is C26H21FIN5O. The van der Waals surface area contributed by atoms with Crippen LogP contribution in [0.3, 0.4) is 0 Å². The Hall–Kier alpha value is -3.66. The molecule has 0 aliphatic rings. The van der Waals surface area contributed by atoms with Crippen molar-refractivity contribution in [3.63, 3.8) is 0 Å². The Morgan fingerprint density at radius 1 is 1.00 bits per heavy atom. The largest absolute Gasteiger partial charge is 0.489 e. The first kappa shape index (κ1) is 22.1. The van der Waals surface area contributed by atoms with Crippen molar-refractivity contribution in [2.45, 2.75) is 11.0 Å². The van der Waals surface area contributed by atoms with Gasteiger partial charge in [-0.25, -0.2) is 14.4 Å². The third-order valence-corrected chi connectivity index (χ3v) is 6.21. The van der Waals surface area contributed by atoms with E-state index in [0.29, 0.717) is 12.4 Å². The van der Waals surface area contributed by atoms with Crippen LogP contribution in [0.15, 0.2) is 79.1 Å². The molecule has 0 aliphatic carbocycles. The molecular weight excluding hydrogens is 544 g/mol. The first-order chi connectivity index (χ1) is 16.6. The molecule has 0 saturated carbocycles. The van der Waals surface area contributed by atoms with Gasteiger partial charge in [0.15, 0.2) is 5.82 Å². The summed E-state index contributed by atoms with van der Waals surface area (Å²) in [5, 5.41) is 3.39. The van der Waals surface area contributed by atoms with Gasteiger partial charge in [-0.2, -0.15) is 0 Å². The van der Waals surface area contributed by atoms with Crippen molar-refractivity contribution in [3.05, 3.63) is 96.1 Å². The van der Waals surface area contributed by atoms with Crippen molar-refractivity contribution in [2.75, 3.05) is 11.1 Å². The molecule has 0 aliphatic heterocycles. The minimum atomic E-state index is -0.269. The van der Waals surface area contributed by atoms with Crippen LogP contribution in [0.4, 0.5) is 21.6 Å². The highest BCUT2D eigenvalue weighted by Crippen LogP contribution is 2.31. The van der Waals surface area contributed by atoms with Crippen LogP contribution < -0.4 is 15.8 Å². The molecule has 0 atom stereocenters. The predicted molar refractivity (Wildman–Crippen MR) is 142 cm³/mol. The summed E-state index contributed by atoms with van der Waals surface area (Å²) in [5.41, 5.74) is 12.8. The van der Waals surface area contributed by atoms with Crippen molar-refractivity contribution in [1.82, 2.24) is 15.0 Å². The average Bonchev–Trinajstić information content (AvgIpc) is 3.29. The van der Waals surface area contributed by atoms with Gasteiger partial charge in [0.25, 0.3) is 0 Å². The van der Waals surface area contributed by atoms with Crippen molar-refractivity contribution in [3.8, 4) is 17.0 Å². The van der Waals surface area contributed by atoms with Crippen molar-refractivity contribution in [2.24, 2.45) is 0 Å². The van der Waals surface area contributed by atoms with E-state index in [0.717, 1.165) is 55.0 Å². The van der Waals surface area contributed by atoms with E-state index in [1.54, 1.807) is 12.4 Å². The highest BCUT2D eigenvalue weighted by molar-refractivity contribution is 14.1. The Labute approximate surface area is 209 Å². The first-order valence-corrected chi connectivity index (χ1v) is 12.1. The monoisotopic (exact) mass is 565 g/mol. The van der Waals surface area contributed by atoms with Crippen LogP contribution in [0.25, 0.3) is 22.3 Å². The standard InChI is InChI=1S/C26H21FIN5O/c27-19-3-1-2-16(10-19)14-34-24-9-8-21(11-18(24)13-28)32-26-25-23(30-15-31-26)12-22(33-25)17-4-6-20(29)7-5-17/h1-12,15,33H,13-14,29H2,(H,30,31,32). The van der Waals surface area contributed by atoms with Gasteiger partial charge in [-0.3, -0.25) is 0 Å². The van der Waals surface area contributed by atoms with Crippen molar-refractivity contribution < 1.29 is 9.13 Å². The lowest BCUT2D eigenvalue weighted by Gasteiger charge is -2.13. The van der Waals surface area contributed by atoms with Crippen LogP contribution in [-0.4, -0.2) is 15.0 Å². The summed E-state index contributed by atoms with van der Waals surface area (Å²) in [4.78, 5) is 12.3. The molecule has 2 aromatic heterocycles. The third kappa shape index (κ3) is 4.81. The Bertz CT molecular complexity index is 1450. The summed E-state index contributed by atoms with van der Waals surface area (Å²) < 4.78 is 20.2. The summed E-state index contributed by atoms with van der Waals surface area (Å²) in [6.45, 7) is 0.303. The van der Waals surface area contributed by atoms with Crippen LogP contribution in [0, 0.1) is 5.82 Å². The van der Waals surface area contributed by atoms with E-state index >= 15 is 0 Å². The van der Waals surface area contributed by atoms with E-state index < -0.39 is 0 Å². The molecule has 5 rings (SSSR count). The maximum Gasteiger partial charge on any atom is 0.158 e. The second kappa shape index (κ2) is 9.68. The maximum absolute atomic E-state index is 13.4. The molecule has 34 heavy (non-hydrogen) atoms. The van der Waals surface area contributed by atoms with Crippen LogP contribution >= 0.6 is 22.6 Å². The summed E-state index contributed by atoms with van der Waals surface area (Å²) >= 11 is 2.30. The SMILES string of the molecule is Nc1ccc(-c2cc3ncnc(Nc4ccc(OCc5cccc(F)c5)c(CI)c4)c3[nH]2)cc1. The lowest BCUT2D eigenvalue weighted by atomic mass is 10.1. The van der Waals surface area contributed by atoms with Crippen LogP contribution in [0.5, 0.6) is 5.75 Å². The molecule has 0 fully saturated rings. The number of alkyl halides is 1. The molecule has 5 aromatic rings. The zero-order chi connectivity index (χ0) is 23.5. The first-order valence-electron chi connectivity index (χ1n) is 10.6. The average molecular weight is 565 g/mol. The van der Waals surface area contributed by atoms with Gasteiger partial charge in [0, 0.05) is 27.1 Å². The van der Waals surface area contributed by atoms with E-state index in [-0.39, 0.29) is 5.82 Å². The smallest absolute Gasteiger partial charge is 0.158 e. The Kier molecular flexibility index (Phi) is 6.31. The van der Waals surface area contributed by atoms with Gasteiger partial charge >= 0.3 is 0 Å². The number of nitrogens with one attached hydrogen (secondary N) is 2. The Balaban J connectivity index is 1.38. The number of ether oxygens (including phenoxy) is 1. The lowest BCUT2D eigenvalue weighted by Crippen LogP contribution is -2.00. The lowest BCUT2D eigenvalue weighted by molar-refractivity contribution is 0.303. The Morgan fingerprint density at radius 2 is 1.85 bits per heavy atom. The molecule has 0 bridgehead atoms. The number of aromatic nitrogens is 3. The summed E-state index contributed by atoms with van der Waals surface area (Å²) in [6.07, 6.45) is 1.54. The molecule has 6 nitrogen and oxygen atoms in total. The third-order valence-electron chi connectivity index (χ3n) is 5.39. The van der Waals surface area contributed by atoms with Crippen LogP contribution in [0.2, 0.25) is 0 Å². The molecule has 0 saturated heterocycles. The number of nitrogen functional groups attached to an aromatic ring is 1. The topological polar surface area (TPSA) is 88.8 Å². The fourth-order valence-corrected chi connectivity index (χ4v) is 4.28. The van der Waals surface area contributed by atoms with Gasteiger partial charge in [-0.1, -0.05) is 46.9 Å². The minimum Gasteiger partial charge on any atom is -0.489 e. The van der Waals surface area contributed by atoms with Gasteiger partial charge in [0.2, 0.25) is 0 Å². The molecule has 0 spiro atoms. The number of H-pyrrole nitrogens is 1. The van der Waals surface area contributed by atoms with Gasteiger partial charge in [0.05, 0.1) is 5.52 Å². The molecule has 8 heteroatoms. The van der Waals surface area contributed by atoms with E-state index in [1.807, 2.05) is 54.6 Å². The normalized spacial score (nSPS) is 11.0. The second-order valence-electron chi connectivity index (χ2n) is 7.79. The summed E-state index contributed by atoms with van der Waals surface area (Å²) in [6, 6.07) is 22.0. The van der Waals surface area contributed by atoms with E-state index in [2.05, 4.69) is 42.9 Å². The second-order valence-corrected chi connectivity index (χ2v) is 8.55. The summed E-state index contributed by atoms with van der Waals surface area (Å²) in [5.74, 6) is 1.18. The number of anilines is 3. The van der Waals surface area contributed by atoms with E-state index in [9.17, 15) is 4.39 Å². The van der Waals surface area contributed by atoms with Crippen molar-refractivity contribution in [1.29, 1.82) is 0 Å². The predicted octanol–water partition coefficient (Wildman–Crippen LogP) is 6.60. The van der Waals surface area contributed by atoms with Gasteiger partial charge in [-0.15, -0.1) is 0 Å². The van der Waals surface area contributed by atoms with E-state index in [4.69, 9.17) is 10.5 Å². The molecule has 0 unspecified atom stereocenters. The van der Waals surface area contributed by atoms with Gasteiger partial charge in [-0.05, 0) is 59.7 Å². The molecule has 4 N–H and O–H groups in total.